The quantitative estimate of drug-likeness (QED) is 0.242. The maximum absolute atomic E-state index is 5.25. The zero-order chi connectivity index (χ0) is 6.41. The van der Waals surface area contributed by atoms with Crippen LogP contribution < -0.4 is 5.84 Å². The van der Waals surface area contributed by atoms with Crippen molar-refractivity contribution in [2.24, 2.45) is 5.84 Å². The van der Waals surface area contributed by atoms with Crippen LogP contribution in [-0.2, 0) is 4.74 Å². The van der Waals surface area contributed by atoms with Gasteiger partial charge in [0.2, 0.25) is 0 Å². The second-order valence-corrected chi connectivity index (χ2v) is 1.52. The van der Waals surface area contributed by atoms with Crippen molar-refractivity contribution in [3.05, 3.63) is 12.8 Å². The van der Waals surface area contributed by atoms with Crippen LogP contribution in [0, 0.1) is 0 Å². The van der Waals surface area contributed by atoms with Crippen LogP contribution in [0.4, 0.5) is 0 Å². The Labute approximate surface area is 49.7 Å². The molecule has 0 aromatic heterocycles. The van der Waals surface area contributed by atoms with Crippen LogP contribution in [0.2, 0.25) is 0 Å². The third kappa shape index (κ3) is 5.46. The highest BCUT2D eigenvalue weighted by atomic mass is 16.5. The lowest BCUT2D eigenvalue weighted by molar-refractivity contribution is 0.199. The summed E-state index contributed by atoms with van der Waals surface area (Å²) < 4.78 is 4.79. The smallest absolute Gasteiger partial charge is 0.101 e. The van der Waals surface area contributed by atoms with E-state index in [1.54, 1.807) is 12.1 Å². The molecule has 2 N–H and O–H groups in total. The van der Waals surface area contributed by atoms with Gasteiger partial charge in [-0.1, -0.05) is 6.58 Å². The lowest BCUT2D eigenvalue weighted by Gasteiger charge is -2.07. The molecule has 0 heterocycles. The van der Waals surface area contributed by atoms with E-state index in [-0.39, 0.29) is 0 Å². The first-order valence-electron chi connectivity index (χ1n) is 2.45. The van der Waals surface area contributed by atoms with Gasteiger partial charge in [0.25, 0.3) is 0 Å². The van der Waals surface area contributed by atoms with E-state index in [2.05, 4.69) is 6.58 Å². The number of ether oxygens (including phenoxy) is 1. The highest BCUT2D eigenvalue weighted by Crippen LogP contribution is 1.73. The molecule has 0 saturated carbocycles. The van der Waals surface area contributed by atoms with Gasteiger partial charge in [0, 0.05) is 13.6 Å². The summed E-state index contributed by atoms with van der Waals surface area (Å²) in [6.07, 6.45) is 1.41. The molecule has 0 aromatic rings. The van der Waals surface area contributed by atoms with Crippen molar-refractivity contribution in [2.75, 3.05) is 20.2 Å². The molecule has 0 fully saturated rings. The lowest BCUT2D eigenvalue weighted by atomic mass is 10.7. The van der Waals surface area contributed by atoms with Crippen LogP contribution in [0.3, 0.4) is 0 Å². The summed E-state index contributed by atoms with van der Waals surface area (Å²) in [4.78, 5) is 0. The normalized spacial score (nSPS) is 9.38. The fraction of sp³-hybridized carbons (Fsp3) is 0.600. The Balaban J connectivity index is 2.81. The first-order chi connectivity index (χ1) is 3.77. The monoisotopic (exact) mass is 116 g/mol. The molecular formula is C5H12N2O. The van der Waals surface area contributed by atoms with Crippen LogP contribution in [0.5, 0.6) is 0 Å². The van der Waals surface area contributed by atoms with Gasteiger partial charge in [0.05, 0.1) is 6.26 Å². The summed E-state index contributed by atoms with van der Waals surface area (Å²) in [6, 6.07) is 0. The number of rotatable bonds is 4. The largest absolute Gasteiger partial charge is 0.500 e. The Bertz CT molecular complexity index is 63.4. The molecule has 0 spiro atoms. The molecule has 3 heteroatoms. The summed E-state index contributed by atoms with van der Waals surface area (Å²) in [5.41, 5.74) is 0. The van der Waals surface area contributed by atoms with Crippen LogP contribution in [0.25, 0.3) is 0 Å². The number of hydrazine groups is 1. The second kappa shape index (κ2) is 4.61. The molecule has 0 radical (unpaired) electrons. The van der Waals surface area contributed by atoms with Crippen molar-refractivity contribution in [3.8, 4) is 0 Å². The summed E-state index contributed by atoms with van der Waals surface area (Å²) >= 11 is 0. The minimum Gasteiger partial charge on any atom is -0.500 e. The van der Waals surface area contributed by atoms with E-state index in [1.165, 1.54) is 6.26 Å². The molecule has 0 saturated heterocycles. The van der Waals surface area contributed by atoms with Gasteiger partial charge in [-0.2, -0.15) is 0 Å². The van der Waals surface area contributed by atoms with E-state index in [9.17, 15) is 0 Å². The molecule has 0 aliphatic carbocycles. The van der Waals surface area contributed by atoms with Crippen LogP contribution >= 0.6 is 0 Å². The van der Waals surface area contributed by atoms with Gasteiger partial charge in [-0.25, -0.2) is 5.01 Å². The number of nitrogens with zero attached hydrogens (tertiary/aromatic N) is 1. The van der Waals surface area contributed by atoms with Crippen LogP contribution in [0.1, 0.15) is 0 Å². The first-order valence-corrected chi connectivity index (χ1v) is 2.45. The summed E-state index contributed by atoms with van der Waals surface area (Å²) in [5.74, 6) is 5.25. The van der Waals surface area contributed by atoms with Gasteiger partial charge in [-0.3, -0.25) is 5.84 Å². The van der Waals surface area contributed by atoms with E-state index in [0.29, 0.717) is 6.61 Å². The van der Waals surface area contributed by atoms with Gasteiger partial charge in [-0.05, 0) is 0 Å². The van der Waals surface area contributed by atoms with E-state index in [1.807, 2.05) is 0 Å². The average Bonchev–Trinajstić information content (AvgIpc) is 1.66. The fourth-order valence-corrected chi connectivity index (χ4v) is 0.280. The minimum atomic E-state index is 0.608. The molecule has 0 aliphatic heterocycles. The molecule has 48 valence electrons. The van der Waals surface area contributed by atoms with Crippen molar-refractivity contribution in [3.63, 3.8) is 0 Å². The number of likely N-dealkylation sites (N-methyl/N-ethyl adjacent to an activating group) is 1. The molecule has 0 atom stereocenters. The average molecular weight is 116 g/mol. The Kier molecular flexibility index (Phi) is 4.30. The van der Waals surface area contributed by atoms with Crippen molar-refractivity contribution < 1.29 is 4.74 Å². The van der Waals surface area contributed by atoms with Crippen molar-refractivity contribution in [1.82, 2.24) is 5.01 Å². The Morgan fingerprint density at radius 1 is 1.88 bits per heavy atom. The van der Waals surface area contributed by atoms with Gasteiger partial charge in [0.15, 0.2) is 0 Å². The number of hydrogen-bond acceptors (Lipinski definition) is 3. The predicted octanol–water partition coefficient (Wildman–Crippen LogP) is -0.0480. The molecule has 0 rings (SSSR count). The number of nitrogens with two attached hydrogens (primary N) is 1. The predicted molar refractivity (Wildman–Crippen MR) is 33.0 cm³/mol. The highest BCUT2D eigenvalue weighted by Gasteiger charge is 1.85. The SMILES string of the molecule is C=COCCN(C)N. The van der Waals surface area contributed by atoms with Crippen LogP contribution in [-0.4, -0.2) is 25.2 Å². The van der Waals surface area contributed by atoms with Crippen molar-refractivity contribution in [1.29, 1.82) is 0 Å². The standard InChI is InChI=1S/C5H12N2O/c1-3-8-5-4-7(2)6/h3H,1,4-6H2,2H3. The van der Waals surface area contributed by atoms with Crippen molar-refractivity contribution >= 4 is 0 Å². The van der Waals surface area contributed by atoms with Gasteiger partial charge in [-0.15, -0.1) is 0 Å². The highest BCUT2D eigenvalue weighted by molar-refractivity contribution is 4.49. The fourth-order valence-electron chi connectivity index (χ4n) is 0.280. The van der Waals surface area contributed by atoms with Crippen molar-refractivity contribution in [2.45, 2.75) is 0 Å². The van der Waals surface area contributed by atoms with Gasteiger partial charge < -0.3 is 4.74 Å². The minimum absolute atomic E-state index is 0.608. The van der Waals surface area contributed by atoms with E-state index < -0.39 is 0 Å². The molecule has 0 amide bonds. The van der Waals surface area contributed by atoms with E-state index >= 15 is 0 Å². The lowest BCUT2D eigenvalue weighted by Crippen LogP contribution is -2.29. The maximum atomic E-state index is 5.25. The summed E-state index contributed by atoms with van der Waals surface area (Å²) in [6.45, 7) is 4.71. The molecule has 0 bridgehead atoms. The topological polar surface area (TPSA) is 38.5 Å². The third-order valence-electron chi connectivity index (χ3n) is 0.680. The first kappa shape index (κ1) is 7.46. The summed E-state index contributed by atoms with van der Waals surface area (Å²) in [5, 5.41) is 1.56. The maximum Gasteiger partial charge on any atom is 0.101 e. The third-order valence-corrected chi connectivity index (χ3v) is 0.680. The zero-order valence-electron chi connectivity index (χ0n) is 5.13. The van der Waals surface area contributed by atoms with Crippen LogP contribution in [0.15, 0.2) is 12.8 Å². The number of hydrogen-bond donors (Lipinski definition) is 1. The Morgan fingerprint density at radius 3 is 2.88 bits per heavy atom. The van der Waals surface area contributed by atoms with Gasteiger partial charge in [0.1, 0.15) is 6.61 Å². The summed E-state index contributed by atoms with van der Waals surface area (Å²) in [7, 11) is 1.78. The molecule has 0 aliphatic rings. The van der Waals surface area contributed by atoms with E-state index in [4.69, 9.17) is 10.6 Å². The Hall–Kier alpha value is -0.540. The molecule has 3 nitrogen and oxygen atoms in total. The molecule has 0 unspecified atom stereocenters. The second-order valence-electron chi connectivity index (χ2n) is 1.52. The molecular weight excluding hydrogens is 104 g/mol. The van der Waals surface area contributed by atoms with Gasteiger partial charge >= 0.3 is 0 Å². The molecule has 8 heavy (non-hydrogen) atoms. The van der Waals surface area contributed by atoms with E-state index in [0.717, 1.165) is 6.54 Å². The molecule has 0 aromatic carbocycles. The Morgan fingerprint density at radius 2 is 2.50 bits per heavy atom. The zero-order valence-corrected chi connectivity index (χ0v) is 5.13.